The Kier molecular flexibility index (Phi) is 5.91. The highest BCUT2D eigenvalue weighted by molar-refractivity contribution is 6.37. The van der Waals surface area contributed by atoms with Crippen molar-refractivity contribution < 1.29 is 9.21 Å². The van der Waals surface area contributed by atoms with Crippen molar-refractivity contribution in [1.82, 2.24) is 9.80 Å². The molecule has 1 saturated heterocycles. The first-order valence-electron chi connectivity index (χ1n) is 9.34. The molecule has 0 atom stereocenters. The Bertz CT molecular complexity index is 911. The van der Waals surface area contributed by atoms with Gasteiger partial charge in [-0.3, -0.25) is 15.1 Å². The predicted molar refractivity (Wildman–Crippen MR) is 107 cm³/mol. The summed E-state index contributed by atoms with van der Waals surface area (Å²) in [7, 11) is 0. The average Bonchev–Trinajstić information content (AvgIpc) is 2.62. The summed E-state index contributed by atoms with van der Waals surface area (Å²) < 4.78 is 5.26. The average molecular weight is 370 g/mol. The van der Waals surface area contributed by atoms with Crippen molar-refractivity contribution in [1.29, 1.82) is 0 Å². The Morgan fingerprint density at radius 3 is 2.63 bits per heavy atom. The van der Waals surface area contributed by atoms with E-state index in [1.807, 2.05) is 24.0 Å². The number of amidine groups is 1. The summed E-state index contributed by atoms with van der Waals surface area (Å²) in [6.07, 6.45) is 1.13. The number of anilines is 1. The molecule has 7 nitrogen and oxygen atoms in total. The Labute approximate surface area is 158 Å². The van der Waals surface area contributed by atoms with Gasteiger partial charge in [0, 0.05) is 50.6 Å². The van der Waals surface area contributed by atoms with Crippen LogP contribution in [0, 0.1) is 6.92 Å². The van der Waals surface area contributed by atoms with Crippen molar-refractivity contribution >= 4 is 28.3 Å². The molecule has 1 fully saturated rings. The lowest BCUT2D eigenvalue weighted by atomic mass is 10.1. The van der Waals surface area contributed by atoms with E-state index in [0.717, 1.165) is 50.1 Å². The molecule has 144 valence electrons. The largest absolute Gasteiger partial charge is 0.423 e. The van der Waals surface area contributed by atoms with Crippen molar-refractivity contribution in [3.8, 4) is 0 Å². The molecule has 0 bridgehead atoms. The van der Waals surface area contributed by atoms with Crippen LogP contribution in [0.25, 0.3) is 11.0 Å². The van der Waals surface area contributed by atoms with E-state index < -0.39 is 0 Å². The summed E-state index contributed by atoms with van der Waals surface area (Å²) in [5.41, 5.74) is 4.59. The van der Waals surface area contributed by atoms with Crippen LogP contribution in [0.1, 0.15) is 25.8 Å². The zero-order valence-electron chi connectivity index (χ0n) is 16.1. The lowest BCUT2D eigenvalue weighted by Crippen LogP contribution is -2.50. The highest BCUT2D eigenvalue weighted by Crippen LogP contribution is 2.20. The van der Waals surface area contributed by atoms with Crippen molar-refractivity contribution in [2.75, 3.05) is 38.1 Å². The Morgan fingerprint density at radius 2 is 1.96 bits per heavy atom. The summed E-state index contributed by atoms with van der Waals surface area (Å²) in [5, 5.41) is 5.22. The lowest BCUT2D eigenvalue weighted by Gasteiger charge is -2.35. The normalized spacial score (nSPS) is 16.0. The molecule has 0 spiro atoms. The number of nitrogens with one attached hydrogen (secondary N) is 1. The summed E-state index contributed by atoms with van der Waals surface area (Å²) >= 11 is 0. The van der Waals surface area contributed by atoms with E-state index in [4.69, 9.17) is 4.42 Å². The van der Waals surface area contributed by atoms with Gasteiger partial charge in [0.25, 0.3) is 0 Å². The maximum Gasteiger partial charge on any atom is 0.336 e. The fraction of sp³-hybridized carbons (Fsp3) is 0.450. The summed E-state index contributed by atoms with van der Waals surface area (Å²) in [6, 6.07) is 6.93. The van der Waals surface area contributed by atoms with Crippen LogP contribution in [0.2, 0.25) is 0 Å². The van der Waals surface area contributed by atoms with Crippen LogP contribution in [-0.4, -0.2) is 54.1 Å². The summed E-state index contributed by atoms with van der Waals surface area (Å²) in [5.74, 6) is 0.353. The number of hydrogen-bond donors (Lipinski definition) is 1. The molecule has 2 heterocycles. The van der Waals surface area contributed by atoms with E-state index in [-0.39, 0.29) is 11.4 Å². The van der Waals surface area contributed by atoms with E-state index in [9.17, 15) is 9.59 Å². The first-order valence-corrected chi connectivity index (χ1v) is 9.34. The third kappa shape index (κ3) is 4.54. The fourth-order valence-electron chi connectivity index (χ4n) is 3.38. The van der Waals surface area contributed by atoms with Gasteiger partial charge < -0.3 is 9.32 Å². The number of aryl methyl sites for hydroxylation is 1. The van der Waals surface area contributed by atoms with Crippen molar-refractivity contribution in [2.45, 2.75) is 27.2 Å². The zero-order chi connectivity index (χ0) is 19.4. The molecule has 2 aromatic rings. The Hall–Kier alpha value is -2.67. The van der Waals surface area contributed by atoms with Gasteiger partial charge in [0.1, 0.15) is 5.58 Å². The van der Waals surface area contributed by atoms with Crippen molar-refractivity contribution in [2.24, 2.45) is 5.10 Å². The molecule has 1 aliphatic rings. The molecule has 27 heavy (non-hydrogen) atoms. The topological polar surface area (TPSA) is 78.2 Å². The van der Waals surface area contributed by atoms with E-state index in [2.05, 4.69) is 22.4 Å². The van der Waals surface area contributed by atoms with Crippen LogP contribution < -0.4 is 11.1 Å². The maximum absolute atomic E-state index is 12.1. The molecular formula is C20H26N4O3. The molecule has 7 heteroatoms. The summed E-state index contributed by atoms with van der Waals surface area (Å²) in [6.45, 7) is 10.1. The molecule has 1 aliphatic heterocycles. The molecule has 1 N–H and O–H groups in total. The van der Waals surface area contributed by atoms with Crippen LogP contribution in [-0.2, 0) is 4.79 Å². The number of Topliss-reactive ketones (excluding diaryl/α,β-unsaturated/α-hetero) is 1. The maximum atomic E-state index is 12.1. The number of hydrogen-bond acceptors (Lipinski definition) is 6. The quantitative estimate of drug-likeness (QED) is 0.377. The minimum absolute atomic E-state index is 0.0744. The molecule has 3 rings (SSSR count). The third-order valence-corrected chi connectivity index (χ3v) is 4.77. The van der Waals surface area contributed by atoms with Gasteiger partial charge >= 0.3 is 5.63 Å². The van der Waals surface area contributed by atoms with Gasteiger partial charge in [-0.25, -0.2) is 4.79 Å². The number of rotatable bonds is 5. The standard InChI is InChI=1S/C20H26N4O3/c1-4-7-23-8-10-24(11-9-23)20(15(3)25)22-21-16-5-6-17-14(2)12-19(26)27-18(17)13-16/h5-6,12-13,21H,4,7-11H2,1-3H3/b22-20+. The van der Waals surface area contributed by atoms with Gasteiger partial charge in [0.2, 0.25) is 0 Å². The highest BCUT2D eigenvalue weighted by Gasteiger charge is 2.22. The number of hydrazone groups is 1. The molecule has 0 amide bonds. The van der Waals surface area contributed by atoms with Crippen molar-refractivity contribution in [3.05, 3.63) is 40.2 Å². The Morgan fingerprint density at radius 1 is 1.22 bits per heavy atom. The van der Waals surface area contributed by atoms with Crippen LogP contribution in [0.3, 0.4) is 0 Å². The van der Waals surface area contributed by atoms with E-state index in [1.54, 1.807) is 6.07 Å². The number of nitrogens with zero attached hydrogens (tertiary/aromatic N) is 3. The smallest absolute Gasteiger partial charge is 0.336 e. The first kappa shape index (κ1) is 19.1. The number of piperazine rings is 1. The Balaban J connectivity index is 1.77. The van der Waals surface area contributed by atoms with Gasteiger partial charge in [-0.15, -0.1) is 0 Å². The number of benzene rings is 1. The summed E-state index contributed by atoms with van der Waals surface area (Å²) in [4.78, 5) is 28.1. The van der Waals surface area contributed by atoms with Gasteiger partial charge in [-0.05, 0) is 37.6 Å². The third-order valence-electron chi connectivity index (χ3n) is 4.77. The lowest BCUT2D eigenvalue weighted by molar-refractivity contribution is -0.111. The monoisotopic (exact) mass is 370 g/mol. The van der Waals surface area contributed by atoms with Gasteiger partial charge in [-0.1, -0.05) is 6.92 Å². The molecule has 0 unspecified atom stereocenters. The second-order valence-electron chi connectivity index (χ2n) is 6.89. The number of ketones is 1. The first-order chi connectivity index (χ1) is 13.0. The van der Waals surface area contributed by atoms with Gasteiger partial charge in [0.05, 0.1) is 5.69 Å². The second-order valence-corrected chi connectivity index (χ2v) is 6.89. The van der Waals surface area contributed by atoms with E-state index in [0.29, 0.717) is 17.1 Å². The molecular weight excluding hydrogens is 344 g/mol. The highest BCUT2D eigenvalue weighted by atomic mass is 16.4. The SMILES string of the molecule is CCCN1CCN(/C(=N/Nc2ccc3c(C)cc(=O)oc3c2)C(C)=O)CC1. The molecule has 0 aliphatic carbocycles. The van der Waals surface area contributed by atoms with E-state index >= 15 is 0 Å². The fourth-order valence-corrected chi connectivity index (χ4v) is 3.38. The molecule has 1 aromatic heterocycles. The molecule has 1 aromatic carbocycles. The second kappa shape index (κ2) is 8.35. The van der Waals surface area contributed by atoms with Crippen LogP contribution >= 0.6 is 0 Å². The van der Waals surface area contributed by atoms with E-state index in [1.165, 1.54) is 13.0 Å². The van der Waals surface area contributed by atoms with Crippen LogP contribution in [0.5, 0.6) is 0 Å². The van der Waals surface area contributed by atoms with Gasteiger partial charge in [-0.2, -0.15) is 5.10 Å². The van der Waals surface area contributed by atoms with Crippen LogP contribution in [0.4, 0.5) is 5.69 Å². The number of carbonyl (C=O) groups is 1. The molecule has 0 radical (unpaired) electrons. The minimum atomic E-state index is -0.380. The minimum Gasteiger partial charge on any atom is -0.423 e. The number of fused-ring (bicyclic) bond motifs is 1. The van der Waals surface area contributed by atoms with Crippen LogP contribution in [0.15, 0.2) is 38.6 Å². The molecule has 0 saturated carbocycles. The zero-order valence-corrected chi connectivity index (χ0v) is 16.1. The predicted octanol–water partition coefficient (Wildman–Crippen LogP) is 2.44. The number of carbonyl (C=O) groups excluding carboxylic acids is 1. The van der Waals surface area contributed by atoms with Gasteiger partial charge in [0.15, 0.2) is 11.6 Å². The van der Waals surface area contributed by atoms with Crippen molar-refractivity contribution in [3.63, 3.8) is 0 Å².